The zero-order chi connectivity index (χ0) is 12.5. The Labute approximate surface area is 106 Å². The van der Waals surface area contributed by atoms with Gasteiger partial charge < -0.3 is 9.15 Å². The normalized spacial score (nSPS) is 10.8. The van der Waals surface area contributed by atoms with Gasteiger partial charge in [0.1, 0.15) is 5.75 Å². The van der Waals surface area contributed by atoms with Gasteiger partial charge in [-0.15, -0.1) is 0 Å². The van der Waals surface area contributed by atoms with E-state index in [9.17, 15) is 0 Å². The molecule has 0 N–H and O–H groups in total. The Kier molecular flexibility index (Phi) is 2.56. The molecule has 1 aliphatic carbocycles. The van der Waals surface area contributed by atoms with E-state index >= 15 is 0 Å². The Bertz CT molecular complexity index is 652. The first-order valence-corrected chi connectivity index (χ1v) is 5.75. The fraction of sp³-hybridized carbons (Fsp3) is 0.0625. The molecule has 18 heavy (non-hydrogen) atoms. The van der Waals surface area contributed by atoms with Gasteiger partial charge in [-0.1, -0.05) is 12.1 Å². The summed E-state index contributed by atoms with van der Waals surface area (Å²) in [5, 5.41) is 0. The molecule has 0 saturated carbocycles. The van der Waals surface area contributed by atoms with Crippen LogP contribution in [0.3, 0.4) is 0 Å². The summed E-state index contributed by atoms with van der Waals surface area (Å²) in [6.45, 7) is 4.16. The molecular weight excluding hydrogens is 224 g/mol. The van der Waals surface area contributed by atoms with Crippen molar-refractivity contribution in [2.24, 2.45) is 0 Å². The van der Waals surface area contributed by atoms with Crippen molar-refractivity contribution >= 4 is 0 Å². The minimum Gasteiger partial charge on any atom is -0.497 e. The molecule has 1 aromatic carbocycles. The average molecular weight is 237 g/mol. The molecule has 0 fully saturated rings. The van der Waals surface area contributed by atoms with Gasteiger partial charge in [-0.05, 0) is 53.4 Å². The fourth-order valence-electron chi connectivity index (χ4n) is 2.20. The molecule has 1 radical (unpaired) electrons. The predicted molar refractivity (Wildman–Crippen MR) is 71.8 cm³/mol. The van der Waals surface area contributed by atoms with Crippen molar-refractivity contribution in [1.29, 1.82) is 0 Å². The van der Waals surface area contributed by atoms with E-state index in [1.54, 1.807) is 19.6 Å². The van der Waals surface area contributed by atoms with Crippen LogP contribution in [-0.2, 0) is 0 Å². The maximum Gasteiger partial charge on any atom is 0.119 e. The number of methoxy groups -OCH3 is 1. The van der Waals surface area contributed by atoms with E-state index in [2.05, 4.69) is 19.1 Å². The van der Waals surface area contributed by atoms with Crippen LogP contribution < -0.4 is 4.74 Å². The zero-order valence-corrected chi connectivity index (χ0v) is 10.1. The third-order valence-corrected chi connectivity index (χ3v) is 3.15. The molecule has 0 aromatic heterocycles. The van der Waals surface area contributed by atoms with E-state index in [4.69, 9.17) is 9.15 Å². The van der Waals surface area contributed by atoms with Gasteiger partial charge in [-0.2, -0.15) is 0 Å². The molecule has 2 nitrogen and oxygen atoms in total. The standard InChI is InChI=1S/C16H13O2/c1-11-15-6-7-18-10-13(15)9-16(11)12-4-3-5-14(8-12)17-2/h3-10H,1H2,2H3. The van der Waals surface area contributed by atoms with Crippen LogP contribution >= 0.6 is 0 Å². The summed E-state index contributed by atoms with van der Waals surface area (Å²) in [5.41, 5.74) is 5.44. The Hall–Kier alpha value is -2.22. The van der Waals surface area contributed by atoms with Crippen molar-refractivity contribution in [3.05, 3.63) is 61.4 Å². The van der Waals surface area contributed by atoms with Crippen LogP contribution in [-0.4, -0.2) is 7.11 Å². The average Bonchev–Trinajstić information content (AvgIpc) is 2.77. The first-order valence-electron chi connectivity index (χ1n) is 5.75. The molecule has 0 spiro atoms. The van der Waals surface area contributed by atoms with Crippen LogP contribution in [0.1, 0.15) is 5.56 Å². The van der Waals surface area contributed by atoms with Gasteiger partial charge in [0, 0.05) is 5.56 Å². The highest BCUT2D eigenvalue weighted by Crippen LogP contribution is 2.37. The second-order valence-electron chi connectivity index (χ2n) is 4.19. The maximum absolute atomic E-state index is 5.25. The molecule has 89 valence electrons. The fourth-order valence-corrected chi connectivity index (χ4v) is 2.20. The van der Waals surface area contributed by atoms with Crippen LogP contribution in [0.2, 0.25) is 0 Å². The number of ether oxygens (including phenoxy) is 1. The molecule has 0 amide bonds. The van der Waals surface area contributed by atoms with Crippen molar-refractivity contribution in [3.8, 4) is 28.0 Å². The monoisotopic (exact) mass is 237 g/mol. The highest BCUT2D eigenvalue weighted by molar-refractivity contribution is 5.85. The lowest BCUT2D eigenvalue weighted by Crippen LogP contribution is -1.83. The first-order chi connectivity index (χ1) is 8.79. The van der Waals surface area contributed by atoms with Crippen LogP contribution in [0.5, 0.6) is 5.75 Å². The third kappa shape index (κ3) is 1.66. The summed E-state index contributed by atoms with van der Waals surface area (Å²) in [7, 11) is 1.67. The molecule has 2 aliphatic rings. The van der Waals surface area contributed by atoms with Crippen molar-refractivity contribution < 1.29 is 9.15 Å². The molecule has 2 heteroatoms. The van der Waals surface area contributed by atoms with E-state index in [0.29, 0.717) is 0 Å². The minimum atomic E-state index is 0.849. The molecule has 3 rings (SSSR count). The second-order valence-corrected chi connectivity index (χ2v) is 4.19. The maximum atomic E-state index is 5.25. The Morgan fingerprint density at radius 2 is 1.94 bits per heavy atom. The Morgan fingerprint density at radius 1 is 1.06 bits per heavy atom. The van der Waals surface area contributed by atoms with Crippen LogP contribution in [0.4, 0.5) is 0 Å². The van der Waals surface area contributed by atoms with Crippen molar-refractivity contribution in [2.75, 3.05) is 7.11 Å². The van der Waals surface area contributed by atoms with Gasteiger partial charge in [0.05, 0.1) is 19.6 Å². The van der Waals surface area contributed by atoms with E-state index in [1.807, 2.05) is 24.3 Å². The number of benzene rings is 1. The van der Waals surface area contributed by atoms with Crippen molar-refractivity contribution in [1.82, 2.24) is 0 Å². The zero-order valence-electron chi connectivity index (χ0n) is 10.1. The highest BCUT2D eigenvalue weighted by Gasteiger charge is 2.14. The summed E-state index contributed by atoms with van der Waals surface area (Å²) < 4.78 is 10.4. The van der Waals surface area contributed by atoms with Crippen molar-refractivity contribution in [3.63, 3.8) is 0 Å². The summed E-state index contributed by atoms with van der Waals surface area (Å²) in [4.78, 5) is 0. The van der Waals surface area contributed by atoms with E-state index in [1.165, 1.54) is 0 Å². The lowest BCUT2D eigenvalue weighted by molar-refractivity contribution is 0.415. The van der Waals surface area contributed by atoms with Crippen molar-refractivity contribution in [2.45, 2.75) is 0 Å². The smallest absolute Gasteiger partial charge is 0.119 e. The number of rotatable bonds is 2. The topological polar surface area (TPSA) is 22.4 Å². The van der Waals surface area contributed by atoms with Gasteiger partial charge in [-0.25, -0.2) is 0 Å². The lowest BCUT2D eigenvalue weighted by Gasteiger charge is -2.04. The third-order valence-electron chi connectivity index (χ3n) is 3.15. The predicted octanol–water partition coefficient (Wildman–Crippen LogP) is 4.24. The molecule has 1 aromatic rings. The molecule has 1 heterocycles. The molecular formula is C16H13O2. The van der Waals surface area contributed by atoms with E-state index in [0.717, 1.165) is 33.6 Å². The number of hydrogen-bond donors (Lipinski definition) is 0. The van der Waals surface area contributed by atoms with Gasteiger partial charge in [0.15, 0.2) is 0 Å². The Morgan fingerprint density at radius 3 is 2.72 bits per heavy atom. The quantitative estimate of drug-likeness (QED) is 0.665. The summed E-state index contributed by atoms with van der Waals surface area (Å²) >= 11 is 0. The number of hydrogen-bond acceptors (Lipinski definition) is 2. The minimum absolute atomic E-state index is 0.849. The molecule has 0 saturated heterocycles. The molecule has 0 bridgehead atoms. The lowest BCUT2D eigenvalue weighted by atomic mass is 10.0. The highest BCUT2D eigenvalue weighted by atomic mass is 16.5. The van der Waals surface area contributed by atoms with E-state index < -0.39 is 0 Å². The van der Waals surface area contributed by atoms with Gasteiger partial charge in [0.2, 0.25) is 0 Å². The van der Waals surface area contributed by atoms with Crippen LogP contribution in [0.25, 0.3) is 22.3 Å². The first kappa shape index (κ1) is 10.9. The second kappa shape index (κ2) is 4.22. The van der Waals surface area contributed by atoms with Gasteiger partial charge in [-0.3, -0.25) is 0 Å². The molecule has 0 unspecified atom stereocenters. The van der Waals surface area contributed by atoms with E-state index in [-0.39, 0.29) is 0 Å². The summed E-state index contributed by atoms with van der Waals surface area (Å²) in [6.07, 6.45) is 3.42. The van der Waals surface area contributed by atoms with Crippen LogP contribution in [0, 0.1) is 6.92 Å². The summed E-state index contributed by atoms with van der Waals surface area (Å²) in [5.74, 6) is 0.849. The van der Waals surface area contributed by atoms with Gasteiger partial charge in [0.25, 0.3) is 0 Å². The molecule has 1 aliphatic heterocycles. The summed E-state index contributed by atoms with van der Waals surface area (Å²) in [6, 6.07) is 12.0. The van der Waals surface area contributed by atoms with Crippen LogP contribution in [0.15, 0.2) is 53.3 Å². The molecule has 0 atom stereocenters. The number of fused-ring (bicyclic) bond motifs is 1. The largest absolute Gasteiger partial charge is 0.497 e. The SMILES string of the molecule is [CH2]c1c2ccocc-2cc1-c1cccc(OC)c1. The van der Waals surface area contributed by atoms with Gasteiger partial charge >= 0.3 is 0 Å². The Balaban J connectivity index is 2.19.